The van der Waals surface area contributed by atoms with E-state index >= 15 is 0 Å². The molecule has 3 atom stereocenters. The summed E-state index contributed by atoms with van der Waals surface area (Å²) in [5, 5.41) is 13.4. The summed E-state index contributed by atoms with van der Waals surface area (Å²) in [5.41, 5.74) is 3.07. The van der Waals surface area contributed by atoms with Crippen molar-refractivity contribution in [3.8, 4) is 11.5 Å². The Morgan fingerprint density at radius 1 is 1.00 bits per heavy atom. The first-order chi connectivity index (χ1) is 19.3. The van der Waals surface area contributed by atoms with Gasteiger partial charge in [0, 0.05) is 29.4 Å². The molecule has 1 aliphatic heterocycles. The van der Waals surface area contributed by atoms with E-state index in [0.29, 0.717) is 48.0 Å². The molecule has 40 heavy (non-hydrogen) atoms. The van der Waals surface area contributed by atoms with Crippen molar-refractivity contribution in [2.24, 2.45) is 10.9 Å². The second-order valence-corrected chi connectivity index (χ2v) is 9.80. The first-order valence-corrected chi connectivity index (χ1v) is 13.5. The van der Waals surface area contributed by atoms with E-state index in [0.717, 1.165) is 24.2 Å². The molecule has 0 fully saturated rings. The first kappa shape index (κ1) is 30.8. The predicted octanol–water partition coefficient (Wildman–Crippen LogP) is 3.98. The Bertz CT molecular complexity index is 1210. The van der Waals surface area contributed by atoms with Crippen molar-refractivity contribution in [3.63, 3.8) is 0 Å². The average molecular weight is 553 g/mol. The quantitative estimate of drug-likeness (QED) is 0.267. The zero-order valence-corrected chi connectivity index (χ0v) is 23.9. The van der Waals surface area contributed by atoms with Crippen molar-refractivity contribution in [2.45, 2.75) is 45.6 Å². The number of methoxy groups -OCH3 is 2. The molecule has 0 spiro atoms. The SMILES string of the molecule is COC(=O)C1=C(C)N=C(C)C(C(=O)OC)C1c1cc(C)ccc1OCCCCNCC(O)COc1ccccc1. The fourth-order valence-electron chi connectivity index (χ4n) is 4.79. The molecule has 3 rings (SSSR count). The van der Waals surface area contributed by atoms with Crippen LogP contribution in [0.1, 0.15) is 43.7 Å². The zero-order valence-electron chi connectivity index (χ0n) is 23.9. The minimum atomic E-state index is -0.784. The summed E-state index contributed by atoms with van der Waals surface area (Å²) in [7, 11) is 2.64. The number of rotatable bonds is 14. The molecular formula is C31H40N2O7. The Kier molecular flexibility index (Phi) is 11.7. The van der Waals surface area contributed by atoms with Crippen LogP contribution in [0.2, 0.25) is 0 Å². The molecule has 0 aliphatic carbocycles. The molecule has 2 aromatic carbocycles. The summed E-state index contributed by atoms with van der Waals surface area (Å²) in [5.74, 6) is -1.14. The van der Waals surface area contributed by atoms with Crippen LogP contribution in [0.5, 0.6) is 11.5 Å². The lowest BCUT2D eigenvalue weighted by Gasteiger charge is -2.32. The van der Waals surface area contributed by atoms with Gasteiger partial charge in [0.15, 0.2) is 0 Å². The van der Waals surface area contributed by atoms with Crippen molar-refractivity contribution in [1.29, 1.82) is 0 Å². The molecule has 0 bridgehead atoms. The lowest BCUT2D eigenvalue weighted by atomic mass is 9.75. The Hall–Kier alpha value is -3.69. The number of benzene rings is 2. The highest BCUT2D eigenvalue weighted by Crippen LogP contribution is 2.43. The van der Waals surface area contributed by atoms with Crippen LogP contribution in [0, 0.1) is 12.8 Å². The summed E-state index contributed by atoms with van der Waals surface area (Å²) in [6.45, 7) is 7.25. The topological polar surface area (TPSA) is 116 Å². The van der Waals surface area contributed by atoms with Gasteiger partial charge in [-0.15, -0.1) is 0 Å². The number of hydrogen-bond donors (Lipinski definition) is 2. The average Bonchev–Trinajstić information content (AvgIpc) is 2.95. The second-order valence-electron chi connectivity index (χ2n) is 9.80. The molecule has 1 aliphatic rings. The summed E-state index contributed by atoms with van der Waals surface area (Å²) < 4.78 is 21.9. The largest absolute Gasteiger partial charge is 0.493 e. The number of nitrogens with zero attached hydrogens (tertiary/aromatic N) is 1. The molecule has 0 aromatic heterocycles. The van der Waals surface area contributed by atoms with Crippen LogP contribution in [0.4, 0.5) is 0 Å². The highest BCUT2D eigenvalue weighted by molar-refractivity contribution is 6.07. The van der Waals surface area contributed by atoms with Crippen molar-refractivity contribution in [3.05, 3.63) is 70.9 Å². The second kappa shape index (κ2) is 15.2. The van der Waals surface area contributed by atoms with Crippen LogP contribution >= 0.6 is 0 Å². The molecule has 0 saturated carbocycles. The van der Waals surface area contributed by atoms with Gasteiger partial charge in [0.1, 0.15) is 30.1 Å². The van der Waals surface area contributed by atoms with E-state index in [4.69, 9.17) is 18.9 Å². The van der Waals surface area contributed by atoms with Gasteiger partial charge >= 0.3 is 11.9 Å². The number of para-hydroxylation sites is 1. The molecule has 9 nitrogen and oxygen atoms in total. The van der Waals surface area contributed by atoms with Crippen LogP contribution in [0.15, 0.2) is 64.8 Å². The Balaban J connectivity index is 1.60. The fourth-order valence-corrected chi connectivity index (χ4v) is 4.79. The monoisotopic (exact) mass is 552 g/mol. The standard InChI is InChI=1S/C31H40N2O7/c1-20-13-14-26(39-16-10-9-15-32-18-23(34)19-40-24-11-7-6-8-12-24)25(17-20)29-27(30(35)37-4)21(2)33-22(3)28(29)31(36)38-5/h6-8,11-14,17,23,27,29,32,34H,9-10,15-16,18-19H2,1-5H3. The molecule has 2 aromatic rings. The van der Waals surface area contributed by atoms with E-state index in [9.17, 15) is 14.7 Å². The smallest absolute Gasteiger partial charge is 0.336 e. The van der Waals surface area contributed by atoms with Gasteiger partial charge in [-0.05, 0) is 58.4 Å². The minimum Gasteiger partial charge on any atom is -0.493 e. The minimum absolute atomic E-state index is 0.218. The molecule has 9 heteroatoms. The maximum absolute atomic E-state index is 12.9. The zero-order chi connectivity index (χ0) is 29.1. The van der Waals surface area contributed by atoms with Gasteiger partial charge in [0.25, 0.3) is 0 Å². The molecule has 3 unspecified atom stereocenters. The van der Waals surface area contributed by atoms with Crippen LogP contribution in [-0.4, -0.2) is 69.4 Å². The van der Waals surface area contributed by atoms with Gasteiger partial charge in [-0.2, -0.15) is 0 Å². The number of carbonyl (C=O) groups excluding carboxylic acids is 2. The Labute approximate surface area is 236 Å². The lowest BCUT2D eigenvalue weighted by Crippen LogP contribution is -2.36. The molecule has 216 valence electrons. The van der Waals surface area contributed by atoms with Gasteiger partial charge in [-0.1, -0.05) is 35.9 Å². The lowest BCUT2D eigenvalue weighted by molar-refractivity contribution is -0.143. The highest BCUT2D eigenvalue weighted by Gasteiger charge is 2.43. The fraction of sp³-hybridized carbons (Fsp3) is 0.452. The maximum Gasteiger partial charge on any atom is 0.336 e. The van der Waals surface area contributed by atoms with E-state index in [-0.39, 0.29) is 6.61 Å². The van der Waals surface area contributed by atoms with Crippen molar-refractivity contribution < 1.29 is 33.6 Å². The van der Waals surface area contributed by atoms with E-state index in [1.165, 1.54) is 14.2 Å². The van der Waals surface area contributed by atoms with E-state index in [1.54, 1.807) is 13.8 Å². The number of nitrogens with one attached hydrogen (secondary N) is 1. The first-order valence-electron chi connectivity index (χ1n) is 13.5. The number of unbranched alkanes of at least 4 members (excludes halogenated alkanes) is 1. The highest BCUT2D eigenvalue weighted by atomic mass is 16.5. The van der Waals surface area contributed by atoms with E-state index < -0.39 is 29.9 Å². The van der Waals surface area contributed by atoms with Crippen LogP contribution in [0.3, 0.4) is 0 Å². The van der Waals surface area contributed by atoms with Crippen molar-refractivity contribution >= 4 is 17.7 Å². The van der Waals surface area contributed by atoms with Crippen LogP contribution in [-0.2, 0) is 19.1 Å². The number of esters is 2. The van der Waals surface area contributed by atoms with Crippen LogP contribution in [0.25, 0.3) is 0 Å². The maximum atomic E-state index is 12.9. The third-order valence-electron chi connectivity index (χ3n) is 6.76. The number of allylic oxidation sites excluding steroid dienone is 1. The van der Waals surface area contributed by atoms with E-state index in [1.807, 2.05) is 55.5 Å². The third-order valence-corrected chi connectivity index (χ3v) is 6.76. The number of aliphatic hydroxyl groups is 1. The van der Waals surface area contributed by atoms with Gasteiger partial charge in [0.2, 0.25) is 0 Å². The predicted molar refractivity (Wildman–Crippen MR) is 153 cm³/mol. The number of hydrogen-bond acceptors (Lipinski definition) is 9. The molecular weight excluding hydrogens is 512 g/mol. The van der Waals surface area contributed by atoms with Crippen molar-refractivity contribution in [1.82, 2.24) is 5.32 Å². The summed E-state index contributed by atoms with van der Waals surface area (Å²) in [6, 6.07) is 15.1. The van der Waals surface area contributed by atoms with Gasteiger partial charge in [0.05, 0.1) is 26.4 Å². The third kappa shape index (κ3) is 8.16. The van der Waals surface area contributed by atoms with Crippen LogP contribution < -0.4 is 14.8 Å². The number of ether oxygens (including phenoxy) is 4. The van der Waals surface area contributed by atoms with Gasteiger partial charge in [-0.3, -0.25) is 9.79 Å². The number of aliphatic hydroxyl groups excluding tert-OH is 1. The Morgan fingerprint density at radius 3 is 2.45 bits per heavy atom. The molecule has 2 N–H and O–H groups in total. The molecule has 0 radical (unpaired) electrons. The summed E-state index contributed by atoms with van der Waals surface area (Å²) in [4.78, 5) is 30.2. The number of aryl methyl sites for hydroxylation is 1. The molecule has 1 heterocycles. The molecule has 0 saturated heterocycles. The summed E-state index contributed by atoms with van der Waals surface area (Å²) in [6.07, 6.45) is 0.985. The number of aliphatic imine (C=N–C) groups is 1. The summed E-state index contributed by atoms with van der Waals surface area (Å²) >= 11 is 0. The molecule has 0 amide bonds. The Morgan fingerprint density at radius 2 is 1.75 bits per heavy atom. The normalized spacial score (nSPS) is 17.6. The van der Waals surface area contributed by atoms with E-state index in [2.05, 4.69) is 10.3 Å². The number of carbonyl (C=O) groups is 2. The van der Waals surface area contributed by atoms with Crippen molar-refractivity contribution in [2.75, 3.05) is 40.5 Å². The van der Waals surface area contributed by atoms with Gasteiger partial charge in [-0.25, -0.2) is 4.79 Å². The van der Waals surface area contributed by atoms with Gasteiger partial charge < -0.3 is 29.4 Å².